The molecule has 0 fully saturated rings. The number of methoxy groups -OCH3 is 3. The minimum atomic E-state index is -0.791. The van der Waals surface area contributed by atoms with Crippen molar-refractivity contribution in [1.29, 1.82) is 0 Å². The molecular formula is C29H33NO7. The smallest absolute Gasteiger partial charge is 0.338 e. The molecule has 0 aliphatic heterocycles. The van der Waals surface area contributed by atoms with Gasteiger partial charge in [-0.1, -0.05) is 42.5 Å². The van der Waals surface area contributed by atoms with E-state index in [0.29, 0.717) is 41.5 Å². The van der Waals surface area contributed by atoms with Crippen molar-refractivity contribution in [2.24, 2.45) is 0 Å². The zero-order chi connectivity index (χ0) is 26.5. The van der Waals surface area contributed by atoms with Crippen LogP contribution >= 0.6 is 0 Å². The van der Waals surface area contributed by atoms with Gasteiger partial charge in [-0.2, -0.15) is 0 Å². The van der Waals surface area contributed by atoms with Crippen molar-refractivity contribution in [1.82, 2.24) is 5.06 Å². The van der Waals surface area contributed by atoms with Gasteiger partial charge in [-0.15, -0.1) is 5.06 Å². The van der Waals surface area contributed by atoms with Gasteiger partial charge >= 0.3 is 5.97 Å². The Balaban J connectivity index is 1.60. The average molecular weight is 508 g/mol. The van der Waals surface area contributed by atoms with E-state index in [1.54, 1.807) is 61.8 Å². The summed E-state index contributed by atoms with van der Waals surface area (Å²) in [5.74, 6) is 1.53. The van der Waals surface area contributed by atoms with Crippen LogP contribution in [0.3, 0.4) is 0 Å². The number of hydrogen-bond donors (Lipinski definition) is 1. The number of benzene rings is 3. The SMILES string of the molecule is COCCN(CC(O)COc1ccc(/C=C(/C(=O)OC)c2ccc(OC)cc2)cc1)Oc1ccccc1. The van der Waals surface area contributed by atoms with E-state index in [-0.39, 0.29) is 13.2 Å². The summed E-state index contributed by atoms with van der Waals surface area (Å²) in [7, 11) is 4.55. The van der Waals surface area contributed by atoms with E-state index in [2.05, 4.69) is 0 Å². The van der Waals surface area contributed by atoms with Crippen molar-refractivity contribution in [3.63, 3.8) is 0 Å². The topological polar surface area (TPSA) is 86.7 Å². The van der Waals surface area contributed by atoms with E-state index >= 15 is 0 Å². The number of hydroxylamine groups is 2. The molecule has 0 amide bonds. The number of hydrogen-bond acceptors (Lipinski definition) is 8. The number of carbonyl (C=O) groups is 1. The van der Waals surface area contributed by atoms with Gasteiger partial charge in [0.15, 0.2) is 0 Å². The second kappa shape index (κ2) is 14.6. The Kier molecular flexibility index (Phi) is 11.0. The van der Waals surface area contributed by atoms with Gasteiger partial charge in [-0.3, -0.25) is 0 Å². The Hall–Kier alpha value is -3.85. The lowest BCUT2D eigenvalue weighted by Gasteiger charge is -2.24. The minimum absolute atomic E-state index is 0.0794. The molecule has 1 N–H and O–H groups in total. The average Bonchev–Trinajstić information content (AvgIpc) is 2.94. The summed E-state index contributed by atoms with van der Waals surface area (Å²) in [6.07, 6.45) is 0.960. The predicted molar refractivity (Wildman–Crippen MR) is 141 cm³/mol. The fraction of sp³-hybridized carbons (Fsp3) is 0.276. The Labute approximate surface area is 217 Å². The van der Waals surface area contributed by atoms with E-state index in [1.165, 1.54) is 7.11 Å². The number of esters is 1. The molecule has 0 aliphatic rings. The van der Waals surface area contributed by atoms with Crippen molar-refractivity contribution in [3.8, 4) is 17.2 Å². The molecule has 1 atom stereocenters. The highest BCUT2D eigenvalue weighted by Crippen LogP contribution is 2.23. The van der Waals surface area contributed by atoms with Crippen molar-refractivity contribution in [2.45, 2.75) is 6.10 Å². The molecule has 3 rings (SSSR count). The number of carbonyl (C=O) groups excluding carboxylic acids is 1. The molecule has 0 radical (unpaired) electrons. The Bertz CT molecular complexity index is 1120. The van der Waals surface area contributed by atoms with Gasteiger partial charge in [0.2, 0.25) is 0 Å². The van der Waals surface area contributed by atoms with Gasteiger partial charge in [0, 0.05) is 7.11 Å². The van der Waals surface area contributed by atoms with Gasteiger partial charge in [0.1, 0.15) is 30.0 Å². The third kappa shape index (κ3) is 8.95. The Morgan fingerprint density at radius 3 is 2.19 bits per heavy atom. The van der Waals surface area contributed by atoms with Crippen LogP contribution < -0.4 is 14.3 Å². The van der Waals surface area contributed by atoms with Crippen LogP contribution in [0.4, 0.5) is 0 Å². The van der Waals surface area contributed by atoms with Crippen molar-refractivity contribution in [3.05, 3.63) is 90.0 Å². The molecule has 0 heterocycles. The van der Waals surface area contributed by atoms with Gasteiger partial charge in [-0.25, -0.2) is 4.79 Å². The summed E-state index contributed by atoms with van der Waals surface area (Å²) >= 11 is 0. The molecular weight excluding hydrogens is 474 g/mol. The van der Waals surface area contributed by atoms with Crippen LogP contribution in [-0.2, 0) is 14.3 Å². The molecule has 8 nitrogen and oxygen atoms in total. The van der Waals surface area contributed by atoms with Gasteiger partial charge in [-0.05, 0) is 53.6 Å². The summed E-state index contributed by atoms with van der Waals surface area (Å²) in [5.41, 5.74) is 1.93. The number of nitrogens with zero attached hydrogens (tertiary/aromatic N) is 1. The van der Waals surface area contributed by atoms with E-state index in [9.17, 15) is 9.90 Å². The van der Waals surface area contributed by atoms with E-state index < -0.39 is 12.1 Å². The van der Waals surface area contributed by atoms with Crippen LogP contribution in [-0.4, -0.2) is 69.9 Å². The van der Waals surface area contributed by atoms with Crippen LogP contribution in [0.25, 0.3) is 11.6 Å². The van der Waals surface area contributed by atoms with Crippen LogP contribution in [0.15, 0.2) is 78.9 Å². The second-order valence-electron chi connectivity index (χ2n) is 8.10. The highest BCUT2D eigenvalue weighted by Gasteiger charge is 2.15. The molecule has 196 valence electrons. The molecule has 8 heteroatoms. The van der Waals surface area contributed by atoms with Crippen molar-refractivity contribution in [2.75, 3.05) is 47.6 Å². The first-order chi connectivity index (χ1) is 18.0. The number of aliphatic hydroxyl groups is 1. The molecule has 0 aromatic heterocycles. The lowest BCUT2D eigenvalue weighted by atomic mass is 10.0. The maximum atomic E-state index is 12.4. The lowest BCUT2D eigenvalue weighted by molar-refractivity contribution is -0.133. The summed E-state index contributed by atoms with van der Waals surface area (Å²) in [6.45, 7) is 1.26. The first-order valence-electron chi connectivity index (χ1n) is 11.8. The second-order valence-corrected chi connectivity index (χ2v) is 8.10. The van der Waals surface area contributed by atoms with Crippen LogP contribution in [0.1, 0.15) is 11.1 Å². The van der Waals surface area contributed by atoms with Crippen LogP contribution in [0.2, 0.25) is 0 Å². The lowest BCUT2D eigenvalue weighted by Crippen LogP contribution is -2.39. The Morgan fingerprint density at radius 1 is 0.892 bits per heavy atom. The number of rotatable bonds is 14. The molecule has 0 spiro atoms. The normalized spacial score (nSPS) is 12.2. The predicted octanol–water partition coefficient (Wildman–Crippen LogP) is 4.09. The first kappa shape index (κ1) is 27.7. The van der Waals surface area contributed by atoms with E-state index in [1.807, 2.05) is 42.5 Å². The Morgan fingerprint density at radius 2 is 1.57 bits per heavy atom. The first-order valence-corrected chi connectivity index (χ1v) is 11.8. The quantitative estimate of drug-likeness (QED) is 0.151. The molecule has 0 saturated heterocycles. The number of aliphatic hydroxyl groups excluding tert-OH is 1. The van der Waals surface area contributed by atoms with Crippen molar-refractivity contribution >= 4 is 17.6 Å². The summed E-state index contributed by atoms with van der Waals surface area (Å²) in [6, 6.07) is 23.8. The van der Waals surface area contributed by atoms with Crippen LogP contribution in [0.5, 0.6) is 17.2 Å². The van der Waals surface area contributed by atoms with E-state index in [0.717, 1.165) is 5.56 Å². The van der Waals surface area contributed by atoms with Gasteiger partial charge in [0.25, 0.3) is 0 Å². The molecule has 37 heavy (non-hydrogen) atoms. The maximum absolute atomic E-state index is 12.4. The molecule has 1 unspecified atom stereocenters. The standard InChI is InChI=1S/C29H33NO7/c1-33-18-17-30(37-27-7-5-4-6-8-27)20-24(31)21-36-26-13-9-22(10-14-26)19-28(29(32)35-3)23-11-15-25(34-2)16-12-23/h4-16,19,24,31H,17-18,20-21H2,1-3H3/b28-19+. The van der Waals surface area contributed by atoms with Crippen LogP contribution in [0, 0.1) is 0 Å². The minimum Gasteiger partial charge on any atom is -0.497 e. The third-order valence-electron chi connectivity index (χ3n) is 5.38. The fourth-order valence-corrected chi connectivity index (χ4v) is 3.45. The summed E-state index contributed by atoms with van der Waals surface area (Å²) < 4.78 is 21.1. The highest BCUT2D eigenvalue weighted by molar-refractivity contribution is 6.21. The summed E-state index contributed by atoms with van der Waals surface area (Å²) in [4.78, 5) is 18.2. The summed E-state index contributed by atoms with van der Waals surface area (Å²) in [5, 5.41) is 12.2. The van der Waals surface area contributed by atoms with Gasteiger partial charge in [0.05, 0.1) is 39.5 Å². The largest absolute Gasteiger partial charge is 0.497 e. The van der Waals surface area contributed by atoms with Gasteiger partial charge < -0.3 is 28.9 Å². The zero-order valence-electron chi connectivity index (χ0n) is 21.3. The monoisotopic (exact) mass is 507 g/mol. The molecule has 0 bridgehead atoms. The maximum Gasteiger partial charge on any atom is 0.338 e. The molecule has 0 saturated carbocycles. The molecule has 3 aromatic rings. The number of ether oxygens (including phenoxy) is 4. The fourth-order valence-electron chi connectivity index (χ4n) is 3.45. The van der Waals surface area contributed by atoms with E-state index in [4.69, 9.17) is 23.8 Å². The van der Waals surface area contributed by atoms with Crippen molar-refractivity contribution < 1.29 is 33.7 Å². The molecule has 3 aromatic carbocycles. The molecule has 0 aliphatic carbocycles. The number of para-hydroxylation sites is 1. The zero-order valence-corrected chi connectivity index (χ0v) is 21.3. The highest BCUT2D eigenvalue weighted by atomic mass is 16.7. The third-order valence-corrected chi connectivity index (χ3v) is 5.38.